The molecular formula is C11H22N2O. The van der Waals surface area contributed by atoms with Crippen molar-refractivity contribution < 1.29 is 4.79 Å². The fourth-order valence-electron chi connectivity index (χ4n) is 2.09. The van der Waals surface area contributed by atoms with Gasteiger partial charge in [-0.3, -0.25) is 4.79 Å². The predicted molar refractivity (Wildman–Crippen MR) is 58.1 cm³/mol. The van der Waals surface area contributed by atoms with Crippen molar-refractivity contribution in [2.45, 2.75) is 32.6 Å². The van der Waals surface area contributed by atoms with Gasteiger partial charge in [0.15, 0.2) is 0 Å². The lowest BCUT2D eigenvalue weighted by Gasteiger charge is -2.20. The van der Waals surface area contributed by atoms with Crippen molar-refractivity contribution in [1.82, 2.24) is 10.2 Å². The maximum atomic E-state index is 11.6. The summed E-state index contributed by atoms with van der Waals surface area (Å²) in [6.45, 7) is 4.64. The summed E-state index contributed by atoms with van der Waals surface area (Å²) in [5, 5.41) is 2.92. The average molecular weight is 198 g/mol. The zero-order valence-corrected chi connectivity index (χ0v) is 9.38. The molecule has 0 saturated carbocycles. The lowest BCUT2D eigenvalue weighted by molar-refractivity contribution is -0.130. The minimum absolute atomic E-state index is 0.254. The fraction of sp³-hybridized carbons (Fsp3) is 0.909. The minimum atomic E-state index is 0.254. The molecule has 1 heterocycles. The van der Waals surface area contributed by atoms with Crippen LogP contribution in [0.3, 0.4) is 0 Å². The number of rotatable bonds is 3. The molecule has 82 valence electrons. The number of nitrogens with zero attached hydrogens (tertiary/aromatic N) is 1. The van der Waals surface area contributed by atoms with E-state index in [0.29, 0.717) is 6.54 Å². The van der Waals surface area contributed by atoms with Gasteiger partial charge in [-0.1, -0.05) is 13.3 Å². The van der Waals surface area contributed by atoms with Gasteiger partial charge in [0.05, 0.1) is 6.54 Å². The van der Waals surface area contributed by atoms with Gasteiger partial charge in [-0.05, 0) is 32.2 Å². The van der Waals surface area contributed by atoms with E-state index in [-0.39, 0.29) is 5.91 Å². The molecule has 1 atom stereocenters. The van der Waals surface area contributed by atoms with E-state index < -0.39 is 0 Å². The number of amides is 1. The largest absolute Gasteiger partial charge is 0.342 e. The summed E-state index contributed by atoms with van der Waals surface area (Å²) >= 11 is 0. The average Bonchev–Trinajstić information content (AvgIpc) is 2.42. The van der Waals surface area contributed by atoms with Crippen LogP contribution in [-0.4, -0.2) is 37.5 Å². The maximum Gasteiger partial charge on any atom is 0.236 e. The van der Waals surface area contributed by atoms with Crippen molar-refractivity contribution in [3.63, 3.8) is 0 Å². The van der Waals surface area contributed by atoms with Gasteiger partial charge < -0.3 is 10.2 Å². The topological polar surface area (TPSA) is 32.3 Å². The Morgan fingerprint density at radius 1 is 1.43 bits per heavy atom. The van der Waals surface area contributed by atoms with Gasteiger partial charge in [0.25, 0.3) is 0 Å². The van der Waals surface area contributed by atoms with Crippen LogP contribution in [0.1, 0.15) is 32.6 Å². The first-order valence-corrected chi connectivity index (χ1v) is 5.70. The summed E-state index contributed by atoms with van der Waals surface area (Å²) in [6.07, 6.45) is 4.91. The van der Waals surface area contributed by atoms with E-state index in [1.807, 2.05) is 11.9 Å². The van der Waals surface area contributed by atoms with Crippen LogP contribution in [0.5, 0.6) is 0 Å². The highest BCUT2D eigenvalue weighted by molar-refractivity contribution is 5.78. The van der Waals surface area contributed by atoms with E-state index in [1.54, 1.807) is 0 Å². The van der Waals surface area contributed by atoms with Crippen molar-refractivity contribution in [3.8, 4) is 0 Å². The molecule has 1 amide bonds. The molecule has 0 aromatic carbocycles. The summed E-state index contributed by atoms with van der Waals surface area (Å²) in [5.41, 5.74) is 0. The molecule has 1 aliphatic heterocycles. The predicted octanol–water partition coefficient (Wildman–Crippen LogP) is 1.24. The zero-order chi connectivity index (χ0) is 10.4. The normalized spacial score (nSPS) is 23.3. The summed E-state index contributed by atoms with van der Waals surface area (Å²) in [6, 6.07) is 0. The molecule has 1 saturated heterocycles. The molecule has 1 rings (SSSR count). The van der Waals surface area contributed by atoms with E-state index in [9.17, 15) is 4.79 Å². The number of hydrogen-bond donors (Lipinski definition) is 1. The summed E-state index contributed by atoms with van der Waals surface area (Å²) in [4.78, 5) is 13.6. The molecule has 0 spiro atoms. The van der Waals surface area contributed by atoms with Gasteiger partial charge in [0, 0.05) is 13.1 Å². The molecule has 1 unspecified atom stereocenters. The third kappa shape index (κ3) is 3.29. The van der Waals surface area contributed by atoms with Crippen LogP contribution in [0.4, 0.5) is 0 Å². The van der Waals surface area contributed by atoms with Crippen LogP contribution < -0.4 is 5.32 Å². The van der Waals surface area contributed by atoms with Crippen LogP contribution in [0.15, 0.2) is 0 Å². The summed E-state index contributed by atoms with van der Waals surface area (Å²) in [5.74, 6) is 1.09. The van der Waals surface area contributed by atoms with Crippen LogP contribution in [-0.2, 0) is 4.79 Å². The molecule has 0 bridgehead atoms. The highest BCUT2D eigenvalue weighted by Crippen LogP contribution is 2.19. The first-order valence-electron chi connectivity index (χ1n) is 5.70. The maximum absolute atomic E-state index is 11.6. The van der Waals surface area contributed by atoms with Crippen molar-refractivity contribution in [1.29, 1.82) is 0 Å². The van der Waals surface area contributed by atoms with Crippen molar-refractivity contribution in [2.24, 2.45) is 5.92 Å². The standard InChI is InChI=1S/C11H22N2O/c1-3-10-5-4-7-13(8-6-10)11(14)9-12-2/h10,12H,3-9H2,1-2H3. The number of carbonyl (C=O) groups excluding carboxylic acids is 1. The summed E-state index contributed by atoms with van der Waals surface area (Å²) in [7, 11) is 1.82. The number of carbonyl (C=O) groups is 1. The van der Waals surface area contributed by atoms with Gasteiger partial charge in [0.2, 0.25) is 5.91 Å². The fourth-order valence-corrected chi connectivity index (χ4v) is 2.09. The first-order chi connectivity index (χ1) is 6.77. The van der Waals surface area contributed by atoms with Crippen molar-refractivity contribution in [2.75, 3.05) is 26.7 Å². The summed E-state index contributed by atoms with van der Waals surface area (Å²) < 4.78 is 0. The van der Waals surface area contributed by atoms with E-state index in [0.717, 1.165) is 19.0 Å². The molecule has 14 heavy (non-hydrogen) atoms. The Bertz CT molecular complexity index is 182. The number of likely N-dealkylation sites (N-methyl/N-ethyl adjacent to an activating group) is 1. The molecule has 3 heteroatoms. The SMILES string of the molecule is CCC1CCCN(C(=O)CNC)CC1. The lowest BCUT2D eigenvalue weighted by Crippen LogP contribution is -2.37. The number of nitrogens with one attached hydrogen (secondary N) is 1. The molecule has 3 nitrogen and oxygen atoms in total. The molecule has 0 aromatic heterocycles. The highest BCUT2D eigenvalue weighted by atomic mass is 16.2. The van der Waals surface area contributed by atoms with Gasteiger partial charge >= 0.3 is 0 Å². The second-order valence-corrected chi connectivity index (χ2v) is 4.12. The molecule has 0 radical (unpaired) electrons. The smallest absolute Gasteiger partial charge is 0.236 e. The molecule has 0 aromatic rings. The van der Waals surface area contributed by atoms with Crippen LogP contribution in [0.2, 0.25) is 0 Å². The van der Waals surface area contributed by atoms with Gasteiger partial charge in [0.1, 0.15) is 0 Å². The van der Waals surface area contributed by atoms with E-state index >= 15 is 0 Å². The quantitative estimate of drug-likeness (QED) is 0.740. The van der Waals surface area contributed by atoms with E-state index in [2.05, 4.69) is 12.2 Å². The monoisotopic (exact) mass is 198 g/mol. The minimum Gasteiger partial charge on any atom is -0.342 e. The third-order valence-electron chi connectivity index (χ3n) is 3.11. The molecular weight excluding hydrogens is 176 g/mol. The van der Waals surface area contributed by atoms with Crippen LogP contribution in [0, 0.1) is 5.92 Å². The second kappa shape index (κ2) is 6.02. The Morgan fingerprint density at radius 2 is 2.21 bits per heavy atom. The van der Waals surface area contributed by atoms with Crippen LogP contribution in [0.25, 0.3) is 0 Å². The van der Waals surface area contributed by atoms with E-state index in [4.69, 9.17) is 0 Å². The Morgan fingerprint density at radius 3 is 2.86 bits per heavy atom. The Balaban J connectivity index is 2.37. The Kier molecular flexibility index (Phi) is 4.94. The second-order valence-electron chi connectivity index (χ2n) is 4.12. The van der Waals surface area contributed by atoms with Crippen molar-refractivity contribution >= 4 is 5.91 Å². The molecule has 1 N–H and O–H groups in total. The zero-order valence-electron chi connectivity index (χ0n) is 9.38. The lowest BCUT2D eigenvalue weighted by atomic mass is 9.98. The van der Waals surface area contributed by atoms with Gasteiger partial charge in [-0.2, -0.15) is 0 Å². The number of likely N-dealkylation sites (tertiary alicyclic amines) is 1. The highest BCUT2D eigenvalue weighted by Gasteiger charge is 2.18. The van der Waals surface area contributed by atoms with Crippen LogP contribution >= 0.6 is 0 Å². The van der Waals surface area contributed by atoms with Gasteiger partial charge in [-0.25, -0.2) is 0 Å². The Hall–Kier alpha value is -0.570. The number of hydrogen-bond acceptors (Lipinski definition) is 2. The third-order valence-corrected chi connectivity index (χ3v) is 3.11. The molecule has 1 aliphatic rings. The molecule has 0 aliphatic carbocycles. The first kappa shape index (κ1) is 11.5. The van der Waals surface area contributed by atoms with Crippen molar-refractivity contribution in [3.05, 3.63) is 0 Å². The van der Waals surface area contributed by atoms with E-state index in [1.165, 1.54) is 25.7 Å². The van der Waals surface area contributed by atoms with Gasteiger partial charge in [-0.15, -0.1) is 0 Å². The Labute approximate surface area is 86.9 Å². The molecule has 1 fully saturated rings.